The van der Waals surface area contributed by atoms with E-state index >= 15 is 0 Å². The van der Waals surface area contributed by atoms with Crippen molar-refractivity contribution in [3.05, 3.63) is 22.4 Å². The minimum Gasteiger partial charge on any atom is -0.357 e. The second-order valence-corrected chi connectivity index (χ2v) is 9.61. The zero-order chi connectivity index (χ0) is 20.8. The van der Waals surface area contributed by atoms with Crippen molar-refractivity contribution in [2.75, 3.05) is 39.8 Å². The molecule has 3 unspecified atom stereocenters. The van der Waals surface area contributed by atoms with Gasteiger partial charge < -0.3 is 15.5 Å². The standard InChI is InChI=1S/C22H37N5OS/c1-5-23-22(25-18-10-12-27(15-18)21(28)16(2)3)24-14-17-8-6-11-26(4)20(17)19-9-7-13-29-19/h7,9,13,16-18,20H,5-6,8,10-12,14-15H2,1-4H3,(H2,23,24,25). The Morgan fingerprint density at radius 3 is 2.86 bits per heavy atom. The van der Waals surface area contributed by atoms with E-state index in [0.717, 1.165) is 45.1 Å². The van der Waals surface area contributed by atoms with Crippen LogP contribution in [0, 0.1) is 11.8 Å². The number of guanidine groups is 1. The summed E-state index contributed by atoms with van der Waals surface area (Å²) < 4.78 is 0. The molecule has 3 atom stereocenters. The lowest BCUT2D eigenvalue weighted by atomic mass is 9.88. The first-order chi connectivity index (χ1) is 14.0. The van der Waals surface area contributed by atoms with Crippen LogP contribution >= 0.6 is 11.3 Å². The summed E-state index contributed by atoms with van der Waals surface area (Å²) in [6.45, 7) is 10.5. The van der Waals surface area contributed by atoms with Crippen LogP contribution in [0.4, 0.5) is 0 Å². The molecule has 0 spiro atoms. The molecule has 2 fully saturated rings. The van der Waals surface area contributed by atoms with Gasteiger partial charge in [0, 0.05) is 49.1 Å². The Morgan fingerprint density at radius 2 is 2.17 bits per heavy atom. The van der Waals surface area contributed by atoms with Gasteiger partial charge in [0.25, 0.3) is 0 Å². The second-order valence-electron chi connectivity index (χ2n) is 8.63. The molecule has 162 valence electrons. The first-order valence-corrected chi connectivity index (χ1v) is 11.9. The number of piperidine rings is 1. The smallest absolute Gasteiger partial charge is 0.225 e. The maximum absolute atomic E-state index is 12.3. The topological polar surface area (TPSA) is 60.0 Å². The molecule has 3 heterocycles. The van der Waals surface area contributed by atoms with Gasteiger partial charge in [-0.2, -0.15) is 0 Å². The molecular formula is C22H37N5OS. The third kappa shape index (κ3) is 5.72. The van der Waals surface area contributed by atoms with Gasteiger partial charge in [0.2, 0.25) is 5.91 Å². The van der Waals surface area contributed by atoms with Crippen molar-refractivity contribution in [3.63, 3.8) is 0 Å². The summed E-state index contributed by atoms with van der Waals surface area (Å²) in [4.78, 5) is 23.1. The van der Waals surface area contributed by atoms with Crippen molar-refractivity contribution in [3.8, 4) is 0 Å². The monoisotopic (exact) mass is 419 g/mol. The van der Waals surface area contributed by atoms with Crippen molar-refractivity contribution in [1.29, 1.82) is 0 Å². The van der Waals surface area contributed by atoms with Gasteiger partial charge in [-0.3, -0.25) is 14.7 Å². The van der Waals surface area contributed by atoms with Crippen LogP contribution in [0.3, 0.4) is 0 Å². The molecule has 7 heteroatoms. The van der Waals surface area contributed by atoms with Gasteiger partial charge in [-0.05, 0) is 57.1 Å². The van der Waals surface area contributed by atoms with Crippen LogP contribution in [0.5, 0.6) is 0 Å². The number of nitrogens with zero attached hydrogens (tertiary/aromatic N) is 3. The lowest BCUT2D eigenvalue weighted by Crippen LogP contribution is -2.46. The number of thiophene rings is 1. The fourth-order valence-corrected chi connectivity index (χ4v) is 5.51. The number of likely N-dealkylation sites (tertiary alicyclic amines) is 2. The molecule has 29 heavy (non-hydrogen) atoms. The Bertz CT molecular complexity index is 675. The lowest BCUT2D eigenvalue weighted by molar-refractivity contribution is -0.133. The van der Waals surface area contributed by atoms with Gasteiger partial charge in [0.05, 0.1) is 0 Å². The number of carbonyl (C=O) groups is 1. The molecule has 0 aromatic carbocycles. The van der Waals surface area contributed by atoms with E-state index in [9.17, 15) is 4.79 Å². The number of aliphatic imine (C=N–C) groups is 1. The molecule has 2 saturated heterocycles. The van der Waals surface area contributed by atoms with Gasteiger partial charge >= 0.3 is 0 Å². The van der Waals surface area contributed by atoms with Crippen LogP contribution in [0.15, 0.2) is 22.5 Å². The van der Waals surface area contributed by atoms with Crippen molar-refractivity contribution >= 4 is 23.2 Å². The quantitative estimate of drug-likeness (QED) is 0.550. The summed E-state index contributed by atoms with van der Waals surface area (Å²) in [5, 5.41) is 9.15. The van der Waals surface area contributed by atoms with E-state index in [-0.39, 0.29) is 17.9 Å². The Hall–Kier alpha value is -1.60. The van der Waals surface area contributed by atoms with E-state index in [0.29, 0.717) is 12.0 Å². The minimum atomic E-state index is 0.0631. The molecule has 0 saturated carbocycles. The molecule has 2 N–H and O–H groups in total. The van der Waals surface area contributed by atoms with E-state index in [1.807, 2.05) is 30.1 Å². The molecule has 3 rings (SSSR count). The number of rotatable bonds is 6. The third-order valence-corrected chi connectivity index (χ3v) is 6.95. The summed E-state index contributed by atoms with van der Waals surface area (Å²) >= 11 is 1.85. The molecule has 6 nitrogen and oxygen atoms in total. The highest BCUT2D eigenvalue weighted by atomic mass is 32.1. The van der Waals surface area contributed by atoms with Crippen LogP contribution in [-0.4, -0.2) is 67.5 Å². The normalized spacial score (nSPS) is 26.2. The molecule has 2 aliphatic heterocycles. The van der Waals surface area contributed by atoms with Crippen molar-refractivity contribution in [2.45, 2.75) is 52.1 Å². The maximum atomic E-state index is 12.3. The summed E-state index contributed by atoms with van der Waals surface area (Å²) in [7, 11) is 2.24. The maximum Gasteiger partial charge on any atom is 0.225 e. The fourth-order valence-electron chi connectivity index (χ4n) is 4.53. The summed E-state index contributed by atoms with van der Waals surface area (Å²) in [5.74, 6) is 1.73. The molecule has 0 radical (unpaired) electrons. The Labute approximate surface area is 179 Å². The second kappa shape index (κ2) is 10.4. The zero-order valence-corrected chi connectivity index (χ0v) is 19.2. The van der Waals surface area contributed by atoms with Crippen molar-refractivity contribution in [2.24, 2.45) is 16.8 Å². The predicted octanol–water partition coefficient (Wildman–Crippen LogP) is 2.94. The number of hydrogen-bond acceptors (Lipinski definition) is 4. The van der Waals surface area contributed by atoms with Crippen LogP contribution in [-0.2, 0) is 4.79 Å². The Morgan fingerprint density at radius 1 is 1.34 bits per heavy atom. The van der Waals surface area contributed by atoms with Gasteiger partial charge in [0.15, 0.2) is 5.96 Å². The van der Waals surface area contributed by atoms with Crippen LogP contribution in [0.2, 0.25) is 0 Å². The highest BCUT2D eigenvalue weighted by Crippen LogP contribution is 2.37. The molecule has 1 aromatic rings. The molecule has 2 aliphatic rings. The summed E-state index contributed by atoms with van der Waals surface area (Å²) in [5.41, 5.74) is 0. The van der Waals surface area contributed by atoms with E-state index in [1.54, 1.807) is 0 Å². The lowest BCUT2D eigenvalue weighted by Gasteiger charge is -2.38. The molecule has 0 bridgehead atoms. The van der Waals surface area contributed by atoms with E-state index in [2.05, 4.69) is 47.0 Å². The SMILES string of the molecule is CCNC(=NCC1CCCN(C)C1c1cccs1)NC1CCN(C(=O)C(C)C)C1. The molecule has 0 aliphatic carbocycles. The minimum absolute atomic E-state index is 0.0631. The van der Waals surface area contributed by atoms with E-state index in [1.165, 1.54) is 17.7 Å². The Kier molecular flexibility index (Phi) is 7.95. The molecule has 1 amide bonds. The predicted molar refractivity (Wildman–Crippen MR) is 121 cm³/mol. The number of amides is 1. The molecule has 1 aromatic heterocycles. The van der Waals surface area contributed by atoms with Gasteiger partial charge in [-0.15, -0.1) is 11.3 Å². The first kappa shape index (κ1) is 22.1. The summed E-state index contributed by atoms with van der Waals surface area (Å²) in [6, 6.07) is 5.15. The van der Waals surface area contributed by atoms with Crippen LogP contribution in [0.25, 0.3) is 0 Å². The summed E-state index contributed by atoms with van der Waals surface area (Å²) in [6.07, 6.45) is 3.43. The Balaban J connectivity index is 1.62. The van der Waals surface area contributed by atoms with Gasteiger partial charge in [-0.25, -0.2) is 0 Å². The van der Waals surface area contributed by atoms with Gasteiger partial charge in [0.1, 0.15) is 0 Å². The van der Waals surface area contributed by atoms with Crippen molar-refractivity contribution < 1.29 is 4.79 Å². The largest absolute Gasteiger partial charge is 0.357 e. The fraction of sp³-hybridized carbons (Fsp3) is 0.727. The van der Waals surface area contributed by atoms with Crippen LogP contribution in [0.1, 0.15) is 51.0 Å². The number of hydrogen-bond donors (Lipinski definition) is 2. The van der Waals surface area contributed by atoms with Crippen molar-refractivity contribution in [1.82, 2.24) is 20.4 Å². The van der Waals surface area contributed by atoms with Gasteiger partial charge in [-0.1, -0.05) is 19.9 Å². The highest BCUT2D eigenvalue weighted by molar-refractivity contribution is 7.10. The molecular weight excluding hydrogens is 382 g/mol. The van der Waals surface area contributed by atoms with E-state index < -0.39 is 0 Å². The first-order valence-electron chi connectivity index (χ1n) is 11.1. The number of carbonyl (C=O) groups excluding carboxylic acids is 1. The van der Waals surface area contributed by atoms with Crippen LogP contribution < -0.4 is 10.6 Å². The average molecular weight is 420 g/mol. The highest BCUT2D eigenvalue weighted by Gasteiger charge is 2.31. The number of nitrogens with one attached hydrogen (secondary N) is 2. The third-order valence-electron chi connectivity index (χ3n) is 6.00. The average Bonchev–Trinajstić information content (AvgIpc) is 3.37. The zero-order valence-electron chi connectivity index (χ0n) is 18.4. The van der Waals surface area contributed by atoms with E-state index in [4.69, 9.17) is 4.99 Å².